The van der Waals surface area contributed by atoms with Gasteiger partial charge in [-0.25, -0.2) is 28.3 Å². The molecule has 0 radical (unpaired) electrons. The third-order valence-electron chi connectivity index (χ3n) is 8.52. The third kappa shape index (κ3) is 5.86. The summed E-state index contributed by atoms with van der Waals surface area (Å²) < 4.78 is 35.9. The lowest BCUT2D eigenvalue weighted by Gasteiger charge is -2.34. The zero-order valence-corrected chi connectivity index (χ0v) is 24.2. The highest BCUT2D eigenvalue weighted by atomic mass is 19.2. The molecule has 5 heterocycles. The molecular formula is C31H33F2N7O4. The van der Waals surface area contributed by atoms with E-state index >= 15 is 0 Å². The largest absolute Gasteiger partial charge is 0.481 e. The lowest BCUT2D eigenvalue weighted by molar-refractivity contribution is -0.133. The molecule has 3 amide bonds. The first kappa shape index (κ1) is 29.3. The number of nitrogens with one attached hydrogen (secondary N) is 2. The fourth-order valence-corrected chi connectivity index (χ4v) is 6.27. The third-order valence-corrected chi connectivity index (χ3v) is 8.52. The number of imidazole rings is 1. The van der Waals surface area contributed by atoms with Crippen molar-refractivity contribution in [2.24, 2.45) is 0 Å². The van der Waals surface area contributed by atoms with Gasteiger partial charge >= 0.3 is 11.7 Å². The van der Waals surface area contributed by atoms with E-state index in [1.54, 1.807) is 44.8 Å². The number of nitrogens with zero attached hydrogens (tertiary/aromatic N) is 5. The van der Waals surface area contributed by atoms with E-state index in [1.165, 1.54) is 19.2 Å². The number of halogens is 2. The molecule has 2 atom stereocenters. The first-order valence-electron chi connectivity index (χ1n) is 14.7. The molecule has 0 bridgehead atoms. The fourth-order valence-electron chi connectivity index (χ4n) is 6.27. The van der Waals surface area contributed by atoms with Gasteiger partial charge < -0.3 is 19.9 Å². The van der Waals surface area contributed by atoms with Crippen molar-refractivity contribution in [2.75, 3.05) is 26.7 Å². The number of hydrogen-bond acceptors (Lipinski definition) is 6. The number of aromatic amines is 1. The smallest absolute Gasteiger partial charge is 0.327 e. The van der Waals surface area contributed by atoms with E-state index in [1.807, 2.05) is 6.07 Å². The lowest BCUT2D eigenvalue weighted by atomic mass is 9.93. The normalized spacial score (nSPS) is 19.7. The van der Waals surface area contributed by atoms with Crippen LogP contribution in [0.15, 0.2) is 59.5 Å². The molecule has 4 aromatic rings. The van der Waals surface area contributed by atoms with Crippen molar-refractivity contribution in [3.05, 3.63) is 88.1 Å². The second-order valence-electron chi connectivity index (χ2n) is 11.2. The van der Waals surface area contributed by atoms with Crippen LogP contribution in [0, 0.1) is 11.6 Å². The Bertz CT molecular complexity index is 1730. The van der Waals surface area contributed by atoms with Crippen LogP contribution in [0.5, 0.6) is 5.88 Å². The highest BCUT2D eigenvalue weighted by molar-refractivity contribution is 5.87. The van der Waals surface area contributed by atoms with Crippen molar-refractivity contribution < 1.29 is 23.1 Å². The highest BCUT2D eigenvalue weighted by Crippen LogP contribution is 2.31. The first-order valence-corrected chi connectivity index (χ1v) is 14.7. The first-order chi connectivity index (χ1) is 21.3. The van der Waals surface area contributed by atoms with Crippen LogP contribution in [0.2, 0.25) is 0 Å². The van der Waals surface area contributed by atoms with Gasteiger partial charge in [0.2, 0.25) is 11.8 Å². The van der Waals surface area contributed by atoms with Crippen LogP contribution >= 0.6 is 0 Å². The van der Waals surface area contributed by atoms with Gasteiger partial charge in [-0.15, -0.1) is 0 Å². The summed E-state index contributed by atoms with van der Waals surface area (Å²) in [5, 5.41) is 2.90. The maximum atomic E-state index is 14.9. The van der Waals surface area contributed by atoms with Gasteiger partial charge in [0.25, 0.3) is 0 Å². The Balaban J connectivity index is 1.17. The summed E-state index contributed by atoms with van der Waals surface area (Å²) in [4.78, 5) is 54.5. The molecule has 44 heavy (non-hydrogen) atoms. The van der Waals surface area contributed by atoms with E-state index < -0.39 is 23.6 Å². The molecule has 11 nitrogen and oxygen atoms in total. The number of likely N-dealkylation sites (tertiary alicyclic amines) is 2. The van der Waals surface area contributed by atoms with E-state index in [0.29, 0.717) is 49.6 Å². The number of rotatable bonds is 6. The number of pyridine rings is 2. The van der Waals surface area contributed by atoms with Crippen LogP contribution in [-0.2, 0) is 11.3 Å². The van der Waals surface area contributed by atoms with Crippen molar-refractivity contribution in [1.29, 1.82) is 0 Å². The van der Waals surface area contributed by atoms with Gasteiger partial charge in [0.05, 0.1) is 24.9 Å². The molecule has 2 N–H and O–H groups in total. The van der Waals surface area contributed by atoms with Gasteiger partial charge in [-0.3, -0.25) is 14.3 Å². The summed E-state index contributed by atoms with van der Waals surface area (Å²) >= 11 is 0. The Morgan fingerprint density at radius 1 is 1.05 bits per heavy atom. The number of piperidine rings is 1. The average Bonchev–Trinajstić information content (AvgIpc) is 3.30. The van der Waals surface area contributed by atoms with Crippen LogP contribution in [0.4, 0.5) is 13.6 Å². The summed E-state index contributed by atoms with van der Waals surface area (Å²) in [5.41, 5.74) is 1.76. The average molecular weight is 606 g/mol. The lowest BCUT2D eigenvalue weighted by Crippen LogP contribution is -2.53. The van der Waals surface area contributed by atoms with Crippen LogP contribution in [0.1, 0.15) is 48.9 Å². The topological polar surface area (TPSA) is 125 Å². The van der Waals surface area contributed by atoms with Gasteiger partial charge in [-0.2, -0.15) is 0 Å². The molecule has 2 aliphatic rings. The number of carbonyl (C=O) groups excluding carboxylic acids is 2. The van der Waals surface area contributed by atoms with Gasteiger partial charge in [-0.05, 0) is 55.5 Å². The number of methoxy groups -OCH3 is 1. The van der Waals surface area contributed by atoms with Crippen molar-refractivity contribution in [3.8, 4) is 5.88 Å². The van der Waals surface area contributed by atoms with Gasteiger partial charge in [0.1, 0.15) is 6.04 Å². The van der Waals surface area contributed by atoms with E-state index in [9.17, 15) is 23.2 Å². The predicted octanol–water partition coefficient (Wildman–Crippen LogP) is 3.73. The SMILES string of the molecule is COc1cccc(CN2CC(c3cccc(F)c3F)CCC(NC(=O)N3CCC(n4c(=O)[nH]c5ncccc54)CC3)C2=O)n1. The molecule has 2 saturated heterocycles. The molecule has 2 fully saturated rings. The summed E-state index contributed by atoms with van der Waals surface area (Å²) in [6, 6.07) is 11.5. The minimum atomic E-state index is -0.946. The van der Waals surface area contributed by atoms with Crippen LogP contribution in [-0.4, -0.2) is 74.0 Å². The molecule has 6 rings (SSSR count). The summed E-state index contributed by atoms with van der Waals surface area (Å²) in [6.45, 7) is 1.02. The number of hydrogen-bond donors (Lipinski definition) is 2. The number of H-pyrrole nitrogens is 1. The number of fused-ring (bicyclic) bond motifs is 1. The quantitative estimate of drug-likeness (QED) is 0.345. The molecule has 2 aliphatic heterocycles. The number of benzene rings is 1. The Morgan fingerprint density at radius 2 is 1.84 bits per heavy atom. The van der Waals surface area contributed by atoms with Crippen LogP contribution in [0.3, 0.4) is 0 Å². The van der Waals surface area contributed by atoms with Gasteiger partial charge in [0, 0.05) is 43.9 Å². The van der Waals surface area contributed by atoms with Crippen molar-refractivity contribution >= 4 is 23.1 Å². The predicted molar refractivity (Wildman–Crippen MR) is 157 cm³/mol. The molecule has 3 aromatic heterocycles. The van der Waals surface area contributed by atoms with E-state index in [-0.39, 0.29) is 48.7 Å². The minimum absolute atomic E-state index is 0.100. The number of ether oxygens (including phenoxy) is 1. The maximum Gasteiger partial charge on any atom is 0.327 e. The van der Waals surface area contributed by atoms with E-state index in [0.717, 1.165) is 11.6 Å². The second-order valence-corrected chi connectivity index (χ2v) is 11.2. The molecule has 0 aliphatic carbocycles. The van der Waals surface area contributed by atoms with E-state index in [4.69, 9.17) is 4.74 Å². The van der Waals surface area contributed by atoms with E-state index in [2.05, 4.69) is 20.3 Å². The zero-order chi connectivity index (χ0) is 30.8. The second kappa shape index (κ2) is 12.4. The standard InChI is InChI=1S/C31H33F2N7O4/c1-44-26-9-2-5-20(35-26)18-39-17-19(22-6-3-7-23(32)27(22)33)10-11-24(29(39)41)36-30(42)38-15-12-21(13-16-38)40-25-8-4-14-34-28(25)37-31(40)43/h2-9,14,19,21,24H,10-13,15-18H2,1H3,(H,36,42)(H,34,37,43). The summed E-state index contributed by atoms with van der Waals surface area (Å²) in [6.07, 6.45) is 3.35. The summed E-state index contributed by atoms with van der Waals surface area (Å²) in [5.74, 6) is -2.30. The Labute approximate surface area is 251 Å². The Hall–Kier alpha value is -4.81. The molecule has 1 aromatic carbocycles. The van der Waals surface area contributed by atoms with Gasteiger partial charge in [-0.1, -0.05) is 18.2 Å². The van der Waals surface area contributed by atoms with Crippen molar-refractivity contribution in [1.82, 2.24) is 34.6 Å². The van der Waals surface area contributed by atoms with Gasteiger partial charge in [0.15, 0.2) is 17.3 Å². The number of aromatic nitrogens is 4. The Kier molecular flexibility index (Phi) is 8.27. The molecule has 0 spiro atoms. The Morgan fingerprint density at radius 3 is 2.64 bits per heavy atom. The highest BCUT2D eigenvalue weighted by Gasteiger charge is 2.36. The molecule has 13 heteroatoms. The van der Waals surface area contributed by atoms with Crippen molar-refractivity contribution in [3.63, 3.8) is 0 Å². The molecule has 0 saturated carbocycles. The molecular weight excluding hydrogens is 572 g/mol. The fraction of sp³-hybridized carbons (Fsp3) is 0.387. The van der Waals surface area contributed by atoms with Crippen LogP contribution in [0.25, 0.3) is 11.2 Å². The maximum absolute atomic E-state index is 14.9. The van der Waals surface area contributed by atoms with Crippen LogP contribution < -0.4 is 15.7 Å². The monoisotopic (exact) mass is 605 g/mol. The van der Waals surface area contributed by atoms with Crippen molar-refractivity contribution in [2.45, 2.75) is 50.2 Å². The number of amides is 3. The minimum Gasteiger partial charge on any atom is -0.481 e. The zero-order valence-electron chi connectivity index (χ0n) is 24.2. The number of carbonyl (C=O) groups is 2. The molecule has 2 unspecified atom stereocenters. The molecule has 230 valence electrons. The number of urea groups is 1. The summed E-state index contributed by atoms with van der Waals surface area (Å²) in [7, 11) is 1.50.